The second kappa shape index (κ2) is 5.85. The number of nitrogens with one attached hydrogen (secondary N) is 1. The number of ether oxygens (including phenoxy) is 1. The molecule has 1 fully saturated rings. The fraction of sp³-hybridized carbons (Fsp3) is 0.833. The average molecular weight is 306 g/mol. The highest BCUT2D eigenvalue weighted by Gasteiger charge is 2.44. The van der Waals surface area contributed by atoms with E-state index in [1.54, 1.807) is 0 Å². The molecule has 1 aliphatic carbocycles. The second-order valence-corrected chi connectivity index (χ2v) is 5.90. The van der Waals surface area contributed by atoms with Crippen LogP contribution in [0.2, 0.25) is 0 Å². The first-order valence-electron chi connectivity index (χ1n) is 5.97. The Kier molecular flexibility index (Phi) is 4.98. The molecule has 1 rings (SSSR count). The maximum atomic E-state index is 12.0. The van der Waals surface area contributed by atoms with Crippen molar-refractivity contribution in [2.24, 2.45) is 5.92 Å². The summed E-state index contributed by atoms with van der Waals surface area (Å²) in [6, 6.07) is 0. The Bertz CT molecular complexity index is 298. The van der Waals surface area contributed by atoms with E-state index in [4.69, 9.17) is 4.74 Å². The van der Waals surface area contributed by atoms with Crippen LogP contribution >= 0.6 is 15.9 Å². The second-order valence-electron chi connectivity index (χ2n) is 4.92. The van der Waals surface area contributed by atoms with Gasteiger partial charge in [0.25, 0.3) is 0 Å². The first-order chi connectivity index (χ1) is 7.93. The smallest absolute Gasteiger partial charge is 0.331 e. The van der Waals surface area contributed by atoms with Crippen molar-refractivity contribution in [3.63, 3.8) is 0 Å². The topological polar surface area (TPSA) is 55.4 Å². The van der Waals surface area contributed by atoms with Crippen LogP contribution in [0.5, 0.6) is 0 Å². The van der Waals surface area contributed by atoms with Crippen LogP contribution in [0.1, 0.15) is 39.5 Å². The van der Waals surface area contributed by atoms with Gasteiger partial charge in [-0.2, -0.15) is 0 Å². The molecule has 4 nitrogen and oxygen atoms in total. The van der Waals surface area contributed by atoms with E-state index in [-0.39, 0.29) is 22.6 Å². The monoisotopic (exact) mass is 305 g/mol. The zero-order valence-corrected chi connectivity index (χ0v) is 12.2. The van der Waals surface area contributed by atoms with E-state index in [2.05, 4.69) is 21.2 Å². The number of carbonyl (C=O) groups is 2. The molecule has 1 saturated carbocycles. The van der Waals surface area contributed by atoms with Gasteiger partial charge >= 0.3 is 5.97 Å². The number of halogens is 1. The predicted molar refractivity (Wildman–Crippen MR) is 68.9 cm³/mol. The quantitative estimate of drug-likeness (QED) is 0.638. The maximum absolute atomic E-state index is 12.0. The lowest BCUT2D eigenvalue weighted by Crippen LogP contribution is -2.55. The molecule has 5 heteroatoms. The molecule has 1 aliphatic rings. The van der Waals surface area contributed by atoms with Gasteiger partial charge in [-0.15, -0.1) is 0 Å². The van der Waals surface area contributed by atoms with Gasteiger partial charge in [-0.3, -0.25) is 4.79 Å². The minimum Gasteiger partial charge on any atom is -0.467 e. The van der Waals surface area contributed by atoms with Crippen LogP contribution in [0.4, 0.5) is 0 Å². The van der Waals surface area contributed by atoms with Crippen molar-refractivity contribution in [3.05, 3.63) is 0 Å². The summed E-state index contributed by atoms with van der Waals surface area (Å²) in [6.07, 6.45) is 3.24. The third-order valence-corrected chi connectivity index (χ3v) is 4.70. The third kappa shape index (κ3) is 3.21. The van der Waals surface area contributed by atoms with Gasteiger partial charge in [0.15, 0.2) is 0 Å². The molecule has 1 atom stereocenters. The van der Waals surface area contributed by atoms with Gasteiger partial charge in [0.05, 0.1) is 11.9 Å². The van der Waals surface area contributed by atoms with Crippen molar-refractivity contribution >= 4 is 27.8 Å². The number of rotatable bonds is 4. The number of carbonyl (C=O) groups excluding carboxylic acids is 2. The molecule has 1 amide bonds. The summed E-state index contributed by atoms with van der Waals surface area (Å²) in [6.45, 7) is 3.91. The molecule has 0 bridgehead atoms. The fourth-order valence-corrected chi connectivity index (χ4v) is 2.28. The van der Waals surface area contributed by atoms with Crippen LogP contribution in [-0.4, -0.2) is 29.4 Å². The molecule has 0 aliphatic heterocycles. The van der Waals surface area contributed by atoms with Gasteiger partial charge in [-0.25, -0.2) is 4.79 Å². The number of alkyl halides is 1. The lowest BCUT2D eigenvalue weighted by atomic mass is 9.97. The lowest BCUT2D eigenvalue weighted by molar-refractivity contribution is -0.150. The van der Waals surface area contributed by atoms with E-state index >= 15 is 0 Å². The summed E-state index contributed by atoms with van der Waals surface area (Å²) in [7, 11) is 1.36. The van der Waals surface area contributed by atoms with E-state index in [9.17, 15) is 9.59 Å². The molecular formula is C12H20BrNO3. The largest absolute Gasteiger partial charge is 0.467 e. The standard InChI is InChI=1S/C12H20BrNO3/c1-8(2)9(13)10(15)14-12(11(16)17-3)6-4-5-7-12/h8-9H,4-7H2,1-3H3,(H,14,15). The number of amides is 1. The number of hydrogen-bond acceptors (Lipinski definition) is 3. The van der Waals surface area contributed by atoms with E-state index in [0.29, 0.717) is 12.8 Å². The van der Waals surface area contributed by atoms with Crippen LogP contribution in [0.3, 0.4) is 0 Å². The zero-order chi connectivity index (χ0) is 13.1. The Labute approximate surface area is 111 Å². The highest BCUT2D eigenvalue weighted by atomic mass is 79.9. The Morgan fingerprint density at radius 1 is 1.29 bits per heavy atom. The van der Waals surface area contributed by atoms with Crippen LogP contribution in [0.15, 0.2) is 0 Å². The molecule has 0 aromatic rings. The summed E-state index contributed by atoms with van der Waals surface area (Å²) >= 11 is 3.35. The van der Waals surface area contributed by atoms with Gasteiger partial charge in [0, 0.05) is 0 Å². The molecule has 1 N–H and O–H groups in total. The van der Waals surface area contributed by atoms with Crippen LogP contribution in [0.25, 0.3) is 0 Å². The van der Waals surface area contributed by atoms with Crippen LogP contribution in [0, 0.1) is 5.92 Å². The van der Waals surface area contributed by atoms with Crippen molar-refractivity contribution in [1.82, 2.24) is 5.32 Å². The van der Waals surface area contributed by atoms with Gasteiger partial charge in [-0.1, -0.05) is 42.6 Å². The SMILES string of the molecule is COC(=O)C1(NC(=O)C(Br)C(C)C)CCCC1. The van der Waals surface area contributed by atoms with Gasteiger partial charge in [0.2, 0.25) is 5.91 Å². The highest BCUT2D eigenvalue weighted by molar-refractivity contribution is 9.10. The molecule has 0 aromatic heterocycles. The number of esters is 1. The third-order valence-electron chi connectivity index (χ3n) is 3.23. The Hall–Kier alpha value is -0.580. The summed E-state index contributed by atoms with van der Waals surface area (Å²) in [5.74, 6) is -0.273. The molecule has 0 spiro atoms. The van der Waals surface area contributed by atoms with Gasteiger partial charge < -0.3 is 10.1 Å². The molecule has 0 saturated heterocycles. The van der Waals surface area contributed by atoms with Crippen molar-refractivity contribution in [1.29, 1.82) is 0 Å². The minimum absolute atomic E-state index is 0.132. The highest BCUT2D eigenvalue weighted by Crippen LogP contribution is 2.31. The Morgan fingerprint density at radius 3 is 2.24 bits per heavy atom. The molecule has 0 heterocycles. The van der Waals surface area contributed by atoms with E-state index in [1.165, 1.54) is 7.11 Å². The average Bonchev–Trinajstić information content (AvgIpc) is 2.76. The summed E-state index contributed by atoms with van der Waals surface area (Å²) in [4.78, 5) is 23.5. The van der Waals surface area contributed by atoms with E-state index in [1.807, 2.05) is 13.8 Å². The first kappa shape index (κ1) is 14.5. The van der Waals surface area contributed by atoms with Gasteiger partial charge in [0.1, 0.15) is 5.54 Å². The molecule has 0 aromatic carbocycles. The van der Waals surface area contributed by atoms with Crippen molar-refractivity contribution < 1.29 is 14.3 Å². The van der Waals surface area contributed by atoms with E-state index < -0.39 is 5.54 Å². The minimum atomic E-state index is -0.799. The van der Waals surface area contributed by atoms with Gasteiger partial charge in [-0.05, 0) is 18.8 Å². The molecular weight excluding hydrogens is 286 g/mol. The lowest BCUT2D eigenvalue weighted by Gasteiger charge is -2.29. The number of hydrogen-bond donors (Lipinski definition) is 1. The summed E-state index contributed by atoms with van der Waals surface area (Å²) in [5.41, 5.74) is -0.799. The zero-order valence-electron chi connectivity index (χ0n) is 10.6. The molecule has 1 unspecified atom stereocenters. The fourth-order valence-electron chi connectivity index (χ4n) is 2.16. The van der Waals surface area contributed by atoms with Crippen molar-refractivity contribution in [3.8, 4) is 0 Å². The Balaban J connectivity index is 2.74. The van der Waals surface area contributed by atoms with Crippen molar-refractivity contribution in [2.75, 3.05) is 7.11 Å². The summed E-state index contributed by atoms with van der Waals surface area (Å²) < 4.78 is 4.81. The van der Waals surface area contributed by atoms with Crippen LogP contribution in [-0.2, 0) is 14.3 Å². The molecule has 98 valence electrons. The maximum Gasteiger partial charge on any atom is 0.331 e. The molecule has 0 radical (unpaired) electrons. The predicted octanol–water partition coefficient (Wildman–Crippen LogP) is 2.01. The van der Waals surface area contributed by atoms with Crippen LogP contribution < -0.4 is 5.32 Å². The summed E-state index contributed by atoms with van der Waals surface area (Å²) in [5, 5.41) is 2.86. The normalized spacial score (nSPS) is 20.1. The first-order valence-corrected chi connectivity index (χ1v) is 6.89. The number of methoxy groups -OCH3 is 1. The van der Waals surface area contributed by atoms with Crippen molar-refractivity contribution in [2.45, 2.75) is 49.9 Å². The Morgan fingerprint density at radius 2 is 1.82 bits per heavy atom. The van der Waals surface area contributed by atoms with E-state index in [0.717, 1.165) is 12.8 Å². The molecule has 17 heavy (non-hydrogen) atoms.